The number of likely N-dealkylation sites (tertiary alicyclic amines) is 1. The van der Waals surface area contributed by atoms with Crippen molar-refractivity contribution >= 4 is 17.8 Å². The van der Waals surface area contributed by atoms with Crippen molar-refractivity contribution < 1.29 is 19.1 Å². The average molecular weight is 467 g/mol. The number of halogens is 1. The van der Waals surface area contributed by atoms with Crippen LogP contribution in [-0.2, 0) is 13.5 Å². The van der Waals surface area contributed by atoms with Crippen LogP contribution < -0.4 is 10.6 Å². The zero-order valence-corrected chi connectivity index (χ0v) is 18.9. The first-order chi connectivity index (χ1) is 16.4. The highest BCUT2D eigenvalue weighted by atomic mass is 19.1. The molecule has 0 saturated carbocycles. The highest BCUT2D eigenvalue weighted by Gasteiger charge is 2.29. The molecule has 1 aliphatic heterocycles. The molecule has 1 fully saturated rings. The molecular weight excluding hydrogens is 439 g/mol. The molecule has 1 atom stereocenters. The van der Waals surface area contributed by atoms with E-state index in [0.717, 1.165) is 17.5 Å². The summed E-state index contributed by atoms with van der Waals surface area (Å²) in [6, 6.07) is 9.58. The molecule has 1 aromatic carbocycles. The number of nitrogens with zero attached hydrogens (tertiary/aromatic N) is 4. The summed E-state index contributed by atoms with van der Waals surface area (Å²) in [5.41, 5.74) is 2.65. The third kappa shape index (κ3) is 5.51. The standard InChI is InChI=1S/C24H27FN6O3/c1-30-15-17(13-28-30)21-8-7-20(23(32)27-14-19-6-3-11-31(19)24(33)34)22(29-21)26-10-9-16-4-2-5-18(25)12-16/h2,4-5,7-8,12-13,15,19H,3,6,9-11,14H2,1H3,(H,26,29)(H,27,32)(H,33,34)/t19-/m1/s1. The van der Waals surface area contributed by atoms with Crippen molar-refractivity contribution in [3.8, 4) is 11.3 Å². The van der Waals surface area contributed by atoms with E-state index in [1.165, 1.54) is 17.0 Å². The third-order valence-corrected chi connectivity index (χ3v) is 5.86. The summed E-state index contributed by atoms with van der Waals surface area (Å²) in [5, 5.41) is 19.6. The normalized spacial score (nSPS) is 15.4. The fraction of sp³-hybridized carbons (Fsp3) is 0.333. The molecular formula is C24H27FN6O3. The smallest absolute Gasteiger partial charge is 0.407 e. The number of amides is 2. The van der Waals surface area contributed by atoms with E-state index in [4.69, 9.17) is 0 Å². The van der Waals surface area contributed by atoms with Gasteiger partial charge in [0, 0.05) is 38.4 Å². The summed E-state index contributed by atoms with van der Waals surface area (Å²) in [6.07, 6.45) is 4.59. The Morgan fingerprint density at radius 3 is 2.85 bits per heavy atom. The number of rotatable bonds is 8. The van der Waals surface area contributed by atoms with Crippen molar-refractivity contribution in [1.29, 1.82) is 0 Å². The maximum Gasteiger partial charge on any atom is 0.407 e. The minimum Gasteiger partial charge on any atom is -0.465 e. The maximum absolute atomic E-state index is 13.5. The van der Waals surface area contributed by atoms with Crippen LogP contribution in [0.25, 0.3) is 11.3 Å². The van der Waals surface area contributed by atoms with E-state index in [2.05, 4.69) is 20.7 Å². The Labute approximate surface area is 196 Å². The van der Waals surface area contributed by atoms with E-state index in [1.807, 2.05) is 19.3 Å². The number of benzene rings is 1. The number of carboxylic acid groups (broad SMARTS) is 1. The highest BCUT2D eigenvalue weighted by molar-refractivity contribution is 5.99. The summed E-state index contributed by atoms with van der Waals surface area (Å²) >= 11 is 0. The van der Waals surface area contributed by atoms with Gasteiger partial charge in [0.1, 0.15) is 11.6 Å². The fourth-order valence-corrected chi connectivity index (χ4v) is 4.11. The molecule has 0 bridgehead atoms. The second-order valence-corrected chi connectivity index (χ2v) is 8.28. The van der Waals surface area contributed by atoms with E-state index in [-0.39, 0.29) is 24.3 Å². The SMILES string of the molecule is Cn1cc(-c2ccc(C(=O)NC[C@H]3CCCN3C(=O)O)c(NCCc3cccc(F)c3)n2)cn1. The van der Waals surface area contributed by atoms with Crippen LogP contribution in [0.5, 0.6) is 0 Å². The van der Waals surface area contributed by atoms with Crippen molar-refractivity contribution in [3.63, 3.8) is 0 Å². The van der Waals surface area contributed by atoms with Crippen molar-refractivity contribution in [1.82, 2.24) is 25.0 Å². The van der Waals surface area contributed by atoms with Gasteiger partial charge in [-0.15, -0.1) is 0 Å². The molecule has 178 valence electrons. The highest BCUT2D eigenvalue weighted by Crippen LogP contribution is 2.22. The molecule has 1 aliphatic rings. The Bertz CT molecular complexity index is 1180. The van der Waals surface area contributed by atoms with Crippen LogP contribution in [0.1, 0.15) is 28.8 Å². The summed E-state index contributed by atoms with van der Waals surface area (Å²) in [7, 11) is 1.81. The molecule has 4 rings (SSSR count). The largest absolute Gasteiger partial charge is 0.465 e. The van der Waals surface area contributed by atoms with Crippen LogP contribution in [0.3, 0.4) is 0 Å². The molecule has 3 heterocycles. The Morgan fingerprint density at radius 2 is 2.12 bits per heavy atom. The topological polar surface area (TPSA) is 112 Å². The Kier molecular flexibility index (Phi) is 7.05. The number of anilines is 1. The Morgan fingerprint density at radius 1 is 1.26 bits per heavy atom. The van der Waals surface area contributed by atoms with Crippen molar-refractivity contribution in [3.05, 3.63) is 65.7 Å². The second kappa shape index (κ2) is 10.3. The first-order valence-corrected chi connectivity index (χ1v) is 11.2. The van der Waals surface area contributed by atoms with Crippen LogP contribution >= 0.6 is 0 Å². The third-order valence-electron chi connectivity index (χ3n) is 5.86. The number of hydrogen-bond donors (Lipinski definition) is 3. The van der Waals surface area contributed by atoms with Crippen molar-refractivity contribution in [2.24, 2.45) is 7.05 Å². The lowest BCUT2D eigenvalue weighted by molar-refractivity contribution is 0.0934. The molecule has 0 radical (unpaired) electrons. The summed E-state index contributed by atoms with van der Waals surface area (Å²) in [4.78, 5) is 30.4. The van der Waals surface area contributed by atoms with Gasteiger partial charge >= 0.3 is 6.09 Å². The molecule has 3 N–H and O–H groups in total. The molecule has 0 aliphatic carbocycles. The van der Waals surface area contributed by atoms with Gasteiger partial charge in [0.2, 0.25) is 0 Å². The van der Waals surface area contributed by atoms with Crippen LogP contribution in [-0.4, -0.2) is 62.4 Å². The van der Waals surface area contributed by atoms with E-state index in [9.17, 15) is 19.1 Å². The van der Waals surface area contributed by atoms with E-state index in [0.29, 0.717) is 43.0 Å². The monoisotopic (exact) mass is 466 g/mol. The molecule has 10 heteroatoms. The molecule has 2 aromatic heterocycles. The van der Waals surface area contributed by atoms with E-state index >= 15 is 0 Å². The van der Waals surface area contributed by atoms with Crippen LogP contribution in [0.2, 0.25) is 0 Å². The molecule has 0 unspecified atom stereocenters. The van der Waals surface area contributed by atoms with Crippen molar-refractivity contribution in [2.75, 3.05) is 25.0 Å². The van der Waals surface area contributed by atoms with Crippen molar-refractivity contribution in [2.45, 2.75) is 25.3 Å². The van der Waals surface area contributed by atoms with E-state index in [1.54, 1.807) is 29.1 Å². The predicted octanol–water partition coefficient (Wildman–Crippen LogP) is 3.15. The van der Waals surface area contributed by atoms with Gasteiger partial charge < -0.3 is 20.6 Å². The van der Waals surface area contributed by atoms with Gasteiger partial charge in [-0.05, 0) is 49.1 Å². The lowest BCUT2D eigenvalue weighted by atomic mass is 10.1. The molecule has 9 nitrogen and oxygen atoms in total. The maximum atomic E-state index is 13.5. The molecule has 0 spiro atoms. The number of aryl methyl sites for hydroxylation is 1. The number of carbonyl (C=O) groups is 2. The number of aromatic nitrogens is 3. The fourth-order valence-electron chi connectivity index (χ4n) is 4.11. The van der Waals surface area contributed by atoms with Gasteiger partial charge in [-0.3, -0.25) is 9.48 Å². The number of carbonyl (C=O) groups excluding carboxylic acids is 1. The number of nitrogens with one attached hydrogen (secondary N) is 2. The second-order valence-electron chi connectivity index (χ2n) is 8.28. The predicted molar refractivity (Wildman–Crippen MR) is 125 cm³/mol. The lowest BCUT2D eigenvalue weighted by Gasteiger charge is -2.22. The zero-order chi connectivity index (χ0) is 24.1. The van der Waals surface area contributed by atoms with Gasteiger partial charge in [-0.25, -0.2) is 14.2 Å². The van der Waals surface area contributed by atoms with Crippen LogP contribution in [0.4, 0.5) is 15.0 Å². The Balaban J connectivity index is 1.50. The molecule has 34 heavy (non-hydrogen) atoms. The number of pyridine rings is 1. The summed E-state index contributed by atoms with van der Waals surface area (Å²) < 4.78 is 15.2. The van der Waals surface area contributed by atoms with Gasteiger partial charge in [-0.2, -0.15) is 5.10 Å². The molecule has 3 aromatic rings. The van der Waals surface area contributed by atoms with Crippen LogP contribution in [0, 0.1) is 5.82 Å². The van der Waals surface area contributed by atoms with Crippen LogP contribution in [0.15, 0.2) is 48.8 Å². The molecule has 1 saturated heterocycles. The Hall–Kier alpha value is -3.95. The first kappa shape index (κ1) is 23.2. The van der Waals surface area contributed by atoms with Gasteiger partial charge in [-0.1, -0.05) is 12.1 Å². The minimum atomic E-state index is -0.973. The number of hydrogen-bond acceptors (Lipinski definition) is 5. The van der Waals surface area contributed by atoms with E-state index < -0.39 is 6.09 Å². The van der Waals surface area contributed by atoms with Gasteiger partial charge in [0.05, 0.1) is 23.5 Å². The molecule has 2 amide bonds. The van der Waals surface area contributed by atoms with Gasteiger partial charge in [0.15, 0.2) is 0 Å². The lowest BCUT2D eigenvalue weighted by Crippen LogP contribution is -2.42. The first-order valence-electron chi connectivity index (χ1n) is 11.2. The summed E-state index contributed by atoms with van der Waals surface area (Å²) in [5.74, 6) is -0.232. The zero-order valence-electron chi connectivity index (χ0n) is 18.9. The quantitative estimate of drug-likeness (QED) is 0.470. The summed E-state index contributed by atoms with van der Waals surface area (Å²) in [6.45, 7) is 1.16. The minimum absolute atomic E-state index is 0.234. The average Bonchev–Trinajstić information content (AvgIpc) is 3.46. The van der Waals surface area contributed by atoms with Gasteiger partial charge in [0.25, 0.3) is 5.91 Å².